The minimum Gasteiger partial charge on any atom is -0.423 e. The molecule has 3 rings (SSSR count). The Bertz CT molecular complexity index is 713. The molecule has 27 heavy (non-hydrogen) atoms. The van der Waals surface area contributed by atoms with Gasteiger partial charge in [-0.25, -0.2) is 4.79 Å². The van der Waals surface area contributed by atoms with Gasteiger partial charge in [0.1, 0.15) is 5.75 Å². The van der Waals surface area contributed by atoms with Gasteiger partial charge in [0.05, 0.1) is 5.56 Å². The molecule has 1 saturated heterocycles. The first-order valence-corrected chi connectivity index (χ1v) is 13.1. The van der Waals surface area contributed by atoms with Gasteiger partial charge in [0.15, 0.2) is 0 Å². The molecule has 2 aromatic rings. The van der Waals surface area contributed by atoms with Gasteiger partial charge in [-0.2, -0.15) is 0 Å². The van der Waals surface area contributed by atoms with Crippen molar-refractivity contribution < 1.29 is 9.53 Å². The number of carbonyl (C=O) groups excluding carboxylic acids is 1. The SMILES string of the molecule is CCCc1ccc(C(=O)Oc2ccc([C@H]3CC[Si@H](CCC)CC3)cc2)cc1. The van der Waals surface area contributed by atoms with E-state index in [9.17, 15) is 4.79 Å². The summed E-state index contributed by atoms with van der Waals surface area (Å²) in [5.74, 6) is 1.05. The van der Waals surface area contributed by atoms with Crippen LogP contribution in [0.2, 0.25) is 18.1 Å². The molecular formula is C24H32O2Si. The maximum Gasteiger partial charge on any atom is 0.343 e. The summed E-state index contributed by atoms with van der Waals surface area (Å²) in [7, 11) is -0.430. The zero-order valence-corrected chi connectivity index (χ0v) is 17.9. The summed E-state index contributed by atoms with van der Waals surface area (Å²) in [6.07, 6.45) is 6.21. The van der Waals surface area contributed by atoms with Crippen molar-refractivity contribution in [1.29, 1.82) is 0 Å². The van der Waals surface area contributed by atoms with Gasteiger partial charge in [-0.15, -0.1) is 0 Å². The van der Waals surface area contributed by atoms with Crippen LogP contribution in [0.15, 0.2) is 48.5 Å². The Hall–Kier alpha value is -1.87. The summed E-state index contributed by atoms with van der Waals surface area (Å²) in [5.41, 5.74) is 3.27. The van der Waals surface area contributed by atoms with Crippen LogP contribution in [0.5, 0.6) is 5.75 Å². The van der Waals surface area contributed by atoms with E-state index in [0.29, 0.717) is 17.2 Å². The van der Waals surface area contributed by atoms with Crippen LogP contribution in [-0.2, 0) is 6.42 Å². The second-order valence-electron chi connectivity index (χ2n) is 7.91. The molecule has 0 unspecified atom stereocenters. The first-order chi connectivity index (χ1) is 13.2. The molecule has 1 heterocycles. The second kappa shape index (κ2) is 9.89. The van der Waals surface area contributed by atoms with Crippen LogP contribution in [-0.4, -0.2) is 14.8 Å². The van der Waals surface area contributed by atoms with Crippen molar-refractivity contribution in [1.82, 2.24) is 0 Å². The van der Waals surface area contributed by atoms with Gasteiger partial charge in [0.25, 0.3) is 0 Å². The molecule has 1 aliphatic heterocycles. The third-order valence-corrected chi connectivity index (χ3v) is 9.53. The zero-order valence-electron chi connectivity index (χ0n) is 16.7. The lowest BCUT2D eigenvalue weighted by Crippen LogP contribution is -2.20. The molecule has 0 saturated carbocycles. The second-order valence-corrected chi connectivity index (χ2v) is 11.4. The standard InChI is InChI=1S/C24H32O2Si/c1-3-5-19-6-8-22(9-7-19)24(25)26-23-12-10-20(11-13-23)21-14-17-27(16-4-2)18-15-21/h6-13,21,27H,3-5,14-18H2,1-2H3/t21-,27-. The third kappa shape index (κ3) is 5.55. The van der Waals surface area contributed by atoms with Crippen LogP contribution in [0.1, 0.15) is 66.9 Å². The van der Waals surface area contributed by atoms with Crippen molar-refractivity contribution in [3.63, 3.8) is 0 Å². The van der Waals surface area contributed by atoms with Gasteiger partial charge < -0.3 is 4.74 Å². The maximum atomic E-state index is 12.3. The van der Waals surface area contributed by atoms with Crippen molar-refractivity contribution in [2.75, 3.05) is 0 Å². The summed E-state index contributed by atoms with van der Waals surface area (Å²) in [6.45, 7) is 4.48. The summed E-state index contributed by atoms with van der Waals surface area (Å²) in [5, 5.41) is 0. The molecule has 0 amide bonds. The Morgan fingerprint density at radius 1 is 0.963 bits per heavy atom. The fourth-order valence-corrected chi connectivity index (χ4v) is 7.69. The first-order valence-electron chi connectivity index (χ1n) is 10.6. The summed E-state index contributed by atoms with van der Waals surface area (Å²) in [4.78, 5) is 12.3. The molecule has 0 spiro atoms. The van der Waals surface area contributed by atoms with Crippen molar-refractivity contribution >= 4 is 14.8 Å². The molecule has 0 aromatic heterocycles. The average molecular weight is 381 g/mol. The van der Waals surface area contributed by atoms with E-state index < -0.39 is 8.80 Å². The highest BCUT2D eigenvalue weighted by Gasteiger charge is 2.22. The van der Waals surface area contributed by atoms with Crippen LogP contribution in [0, 0.1) is 0 Å². The van der Waals surface area contributed by atoms with Crippen LogP contribution >= 0.6 is 0 Å². The van der Waals surface area contributed by atoms with Crippen LogP contribution in [0.3, 0.4) is 0 Å². The van der Waals surface area contributed by atoms with E-state index in [2.05, 4.69) is 26.0 Å². The summed E-state index contributed by atoms with van der Waals surface area (Å²) < 4.78 is 5.56. The molecule has 144 valence electrons. The number of hydrogen-bond donors (Lipinski definition) is 0. The van der Waals surface area contributed by atoms with E-state index >= 15 is 0 Å². The Morgan fingerprint density at radius 2 is 1.63 bits per heavy atom. The molecule has 0 atom stereocenters. The van der Waals surface area contributed by atoms with Gasteiger partial charge in [0, 0.05) is 8.80 Å². The number of aryl methyl sites for hydroxylation is 1. The molecular weight excluding hydrogens is 348 g/mol. The van der Waals surface area contributed by atoms with Crippen molar-refractivity contribution in [3.8, 4) is 5.75 Å². The number of ether oxygens (including phenoxy) is 1. The highest BCUT2D eigenvalue weighted by Crippen LogP contribution is 2.35. The van der Waals surface area contributed by atoms with Gasteiger partial charge in [-0.3, -0.25) is 0 Å². The minimum atomic E-state index is -0.430. The number of rotatable bonds is 7. The fraction of sp³-hybridized carbons (Fsp3) is 0.458. The molecule has 1 aliphatic rings. The Morgan fingerprint density at radius 3 is 2.22 bits per heavy atom. The highest BCUT2D eigenvalue weighted by atomic mass is 28.3. The van der Waals surface area contributed by atoms with Crippen LogP contribution < -0.4 is 4.74 Å². The van der Waals surface area contributed by atoms with E-state index in [1.807, 2.05) is 36.4 Å². The van der Waals surface area contributed by atoms with E-state index in [-0.39, 0.29) is 5.97 Å². The van der Waals surface area contributed by atoms with Gasteiger partial charge in [0.2, 0.25) is 0 Å². The zero-order chi connectivity index (χ0) is 19.1. The lowest BCUT2D eigenvalue weighted by Gasteiger charge is -2.27. The molecule has 2 aromatic carbocycles. The lowest BCUT2D eigenvalue weighted by molar-refractivity contribution is 0.0734. The largest absolute Gasteiger partial charge is 0.423 e. The quantitative estimate of drug-likeness (QED) is 0.317. The monoisotopic (exact) mass is 380 g/mol. The Kier molecular flexibility index (Phi) is 7.28. The van der Waals surface area contributed by atoms with E-state index in [0.717, 1.165) is 12.8 Å². The smallest absolute Gasteiger partial charge is 0.343 e. The topological polar surface area (TPSA) is 26.3 Å². The minimum absolute atomic E-state index is 0.281. The molecule has 0 N–H and O–H groups in total. The first kappa shape index (κ1) is 19.9. The third-order valence-electron chi connectivity index (χ3n) is 5.83. The number of esters is 1. The lowest BCUT2D eigenvalue weighted by atomic mass is 9.93. The van der Waals surface area contributed by atoms with Crippen molar-refractivity contribution in [2.24, 2.45) is 0 Å². The van der Waals surface area contributed by atoms with E-state index in [1.165, 1.54) is 48.5 Å². The predicted molar refractivity (Wildman–Crippen MR) is 116 cm³/mol. The van der Waals surface area contributed by atoms with E-state index in [4.69, 9.17) is 4.74 Å². The predicted octanol–water partition coefficient (Wildman–Crippen LogP) is 6.37. The Labute approximate surface area is 165 Å². The molecule has 0 aliphatic carbocycles. The average Bonchev–Trinajstić information content (AvgIpc) is 2.70. The fourth-order valence-electron chi connectivity index (χ4n) is 4.26. The summed E-state index contributed by atoms with van der Waals surface area (Å²) in [6, 6.07) is 20.5. The Balaban J connectivity index is 1.55. The van der Waals surface area contributed by atoms with Crippen LogP contribution in [0.25, 0.3) is 0 Å². The van der Waals surface area contributed by atoms with Crippen molar-refractivity contribution in [3.05, 3.63) is 65.2 Å². The van der Waals surface area contributed by atoms with Gasteiger partial charge >= 0.3 is 5.97 Å². The molecule has 1 fully saturated rings. The molecule has 2 nitrogen and oxygen atoms in total. The summed E-state index contributed by atoms with van der Waals surface area (Å²) >= 11 is 0. The van der Waals surface area contributed by atoms with Gasteiger partial charge in [-0.05, 0) is 60.6 Å². The highest BCUT2D eigenvalue weighted by molar-refractivity contribution is 6.59. The normalized spacial score (nSPS) is 19.6. The van der Waals surface area contributed by atoms with Gasteiger partial charge in [-0.1, -0.05) is 69.1 Å². The van der Waals surface area contributed by atoms with Crippen LogP contribution in [0.4, 0.5) is 0 Å². The number of hydrogen-bond acceptors (Lipinski definition) is 2. The number of carbonyl (C=O) groups is 1. The molecule has 0 radical (unpaired) electrons. The van der Waals surface area contributed by atoms with Crippen molar-refractivity contribution in [2.45, 2.75) is 70.0 Å². The maximum absolute atomic E-state index is 12.3. The van der Waals surface area contributed by atoms with E-state index in [1.54, 1.807) is 0 Å². The molecule has 3 heteroatoms. The molecule has 0 bridgehead atoms. The number of benzene rings is 2.